The molecule has 0 unspecified atom stereocenters. The van der Waals surface area contributed by atoms with Crippen molar-refractivity contribution in [3.63, 3.8) is 0 Å². The summed E-state index contributed by atoms with van der Waals surface area (Å²) < 4.78 is 4.89. The molecule has 0 saturated carbocycles. The number of methoxy groups -OCH3 is 1. The Bertz CT molecular complexity index is 796. The van der Waals surface area contributed by atoms with Crippen LogP contribution in [0.15, 0.2) is 36.5 Å². The fourth-order valence-electron chi connectivity index (χ4n) is 2.27. The lowest BCUT2D eigenvalue weighted by atomic mass is 10.1. The molecule has 0 bridgehead atoms. The summed E-state index contributed by atoms with van der Waals surface area (Å²) in [5.74, 6) is -0.0486. The number of nitrogens with one attached hydrogen (secondary N) is 2. The van der Waals surface area contributed by atoms with Gasteiger partial charge in [-0.05, 0) is 30.3 Å². The predicted molar refractivity (Wildman–Crippen MR) is 102 cm³/mol. The smallest absolute Gasteiger partial charge is 0.259 e. The number of pyridine rings is 1. The van der Waals surface area contributed by atoms with Crippen molar-refractivity contribution in [2.75, 3.05) is 44.6 Å². The Morgan fingerprint density at radius 1 is 1.19 bits per heavy atom. The summed E-state index contributed by atoms with van der Waals surface area (Å²) >= 11 is 6.18. The molecular formula is C18H21ClN4O3. The highest BCUT2D eigenvalue weighted by atomic mass is 35.5. The summed E-state index contributed by atoms with van der Waals surface area (Å²) in [6, 6.07) is 8.12. The first-order valence-electron chi connectivity index (χ1n) is 7.94. The number of hydrogen-bond acceptors (Lipinski definition) is 5. The Balaban J connectivity index is 2.12. The van der Waals surface area contributed by atoms with Gasteiger partial charge in [0.2, 0.25) is 0 Å². The van der Waals surface area contributed by atoms with E-state index in [0.29, 0.717) is 35.8 Å². The molecule has 0 fully saturated rings. The number of hydrogen-bond donors (Lipinski definition) is 2. The van der Waals surface area contributed by atoms with Crippen molar-refractivity contribution in [3.8, 4) is 0 Å². The second-order valence-electron chi connectivity index (χ2n) is 5.67. The van der Waals surface area contributed by atoms with Gasteiger partial charge in [-0.15, -0.1) is 0 Å². The number of halogens is 1. The molecule has 26 heavy (non-hydrogen) atoms. The van der Waals surface area contributed by atoms with Crippen LogP contribution < -0.4 is 15.5 Å². The van der Waals surface area contributed by atoms with Gasteiger partial charge < -0.3 is 20.3 Å². The summed E-state index contributed by atoms with van der Waals surface area (Å²) in [4.78, 5) is 30.6. The number of rotatable bonds is 7. The van der Waals surface area contributed by atoms with Gasteiger partial charge in [-0.25, -0.2) is 4.98 Å². The van der Waals surface area contributed by atoms with Gasteiger partial charge in [0.25, 0.3) is 11.8 Å². The molecule has 8 heteroatoms. The Labute approximate surface area is 157 Å². The molecule has 0 atom stereocenters. The molecule has 0 radical (unpaired) electrons. The van der Waals surface area contributed by atoms with Crippen LogP contribution in [0.25, 0.3) is 0 Å². The SMILES string of the molecule is COCCNC(=O)c1ccc(NC(=O)c2cccnc2N(C)C)cc1Cl. The third-order valence-electron chi connectivity index (χ3n) is 3.52. The molecule has 138 valence electrons. The van der Waals surface area contributed by atoms with Gasteiger partial charge in [0.15, 0.2) is 0 Å². The normalized spacial score (nSPS) is 10.3. The van der Waals surface area contributed by atoms with E-state index in [4.69, 9.17) is 16.3 Å². The summed E-state index contributed by atoms with van der Waals surface area (Å²) in [5.41, 5.74) is 1.26. The van der Waals surface area contributed by atoms with Crippen LogP contribution in [0, 0.1) is 0 Å². The fourth-order valence-corrected chi connectivity index (χ4v) is 2.53. The summed E-state index contributed by atoms with van der Waals surface area (Å²) in [6.45, 7) is 0.801. The Morgan fingerprint density at radius 3 is 2.62 bits per heavy atom. The van der Waals surface area contributed by atoms with Gasteiger partial charge in [0.1, 0.15) is 5.82 Å². The minimum atomic E-state index is -0.310. The number of amides is 2. The number of ether oxygens (including phenoxy) is 1. The van der Waals surface area contributed by atoms with Crippen molar-refractivity contribution in [3.05, 3.63) is 52.7 Å². The van der Waals surface area contributed by atoms with E-state index in [1.165, 1.54) is 6.07 Å². The molecular weight excluding hydrogens is 356 g/mol. The molecule has 1 heterocycles. The molecule has 0 saturated heterocycles. The van der Waals surface area contributed by atoms with Gasteiger partial charge in [0.05, 0.1) is 22.8 Å². The molecule has 2 amide bonds. The van der Waals surface area contributed by atoms with Crippen LogP contribution in [0.5, 0.6) is 0 Å². The zero-order chi connectivity index (χ0) is 19.1. The van der Waals surface area contributed by atoms with Crippen LogP contribution in [0.2, 0.25) is 5.02 Å². The van der Waals surface area contributed by atoms with E-state index in [1.807, 2.05) is 14.1 Å². The van der Waals surface area contributed by atoms with E-state index >= 15 is 0 Å². The van der Waals surface area contributed by atoms with Gasteiger partial charge in [0, 0.05) is 39.6 Å². The standard InChI is InChI=1S/C18H21ClN4O3/c1-23(2)16-14(5-4-8-20-16)18(25)22-12-6-7-13(15(19)11-12)17(24)21-9-10-26-3/h4-8,11H,9-10H2,1-3H3,(H,21,24)(H,22,25). The van der Waals surface area contributed by atoms with Crippen LogP contribution in [0.3, 0.4) is 0 Å². The molecule has 0 aliphatic rings. The molecule has 2 rings (SSSR count). The highest BCUT2D eigenvalue weighted by Gasteiger charge is 2.15. The zero-order valence-corrected chi connectivity index (χ0v) is 15.6. The van der Waals surface area contributed by atoms with Crippen molar-refractivity contribution < 1.29 is 14.3 Å². The largest absolute Gasteiger partial charge is 0.383 e. The van der Waals surface area contributed by atoms with Gasteiger partial charge in [-0.2, -0.15) is 0 Å². The quantitative estimate of drug-likeness (QED) is 0.725. The first-order chi connectivity index (χ1) is 12.4. The van der Waals surface area contributed by atoms with Crippen LogP contribution >= 0.6 is 11.6 Å². The molecule has 0 aliphatic heterocycles. The third-order valence-corrected chi connectivity index (χ3v) is 3.83. The molecule has 2 aromatic rings. The number of nitrogens with zero attached hydrogens (tertiary/aromatic N) is 2. The number of carbonyl (C=O) groups excluding carboxylic acids is 2. The maximum atomic E-state index is 12.5. The summed E-state index contributed by atoms with van der Waals surface area (Å²) in [7, 11) is 5.18. The van der Waals surface area contributed by atoms with E-state index in [-0.39, 0.29) is 16.8 Å². The summed E-state index contributed by atoms with van der Waals surface area (Å²) in [5, 5.41) is 5.72. The van der Waals surface area contributed by atoms with Crippen molar-refractivity contribution in [2.45, 2.75) is 0 Å². The molecule has 2 N–H and O–H groups in total. The number of carbonyl (C=O) groups is 2. The number of aromatic nitrogens is 1. The minimum absolute atomic E-state index is 0.247. The van der Waals surface area contributed by atoms with Crippen molar-refractivity contribution in [1.29, 1.82) is 0 Å². The fraction of sp³-hybridized carbons (Fsp3) is 0.278. The Morgan fingerprint density at radius 2 is 1.96 bits per heavy atom. The van der Waals surface area contributed by atoms with Crippen LogP contribution in [-0.2, 0) is 4.74 Å². The molecule has 7 nitrogen and oxygen atoms in total. The molecule has 0 spiro atoms. The monoisotopic (exact) mass is 376 g/mol. The lowest BCUT2D eigenvalue weighted by Crippen LogP contribution is -2.27. The Kier molecular flexibility index (Phi) is 6.94. The zero-order valence-electron chi connectivity index (χ0n) is 14.9. The maximum Gasteiger partial charge on any atom is 0.259 e. The van der Waals surface area contributed by atoms with E-state index < -0.39 is 0 Å². The second-order valence-corrected chi connectivity index (χ2v) is 6.07. The number of benzene rings is 1. The van der Waals surface area contributed by atoms with Crippen LogP contribution in [-0.4, -0.2) is 51.2 Å². The van der Waals surface area contributed by atoms with Gasteiger partial charge >= 0.3 is 0 Å². The molecule has 0 aliphatic carbocycles. The van der Waals surface area contributed by atoms with Crippen molar-refractivity contribution in [2.24, 2.45) is 0 Å². The summed E-state index contributed by atoms with van der Waals surface area (Å²) in [6.07, 6.45) is 1.62. The Hall–Kier alpha value is -2.64. The van der Waals surface area contributed by atoms with Crippen molar-refractivity contribution >= 4 is 34.9 Å². The van der Waals surface area contributed by atoms with Crippen LogP contribution in [0.1, 0.15) is 20.7 Å². The first-order valence-corrected chi connectivity index (χ1v) is 8.32. The number of anilines is 2. The van der Waals surface area contributed by atoms with E-state index in [9.17, 15) is 9.59 Å². The van der Waals surface area contributed by atoms with E-state index in [0.717, 1.165) is 0 Å². The van der Waals surface area contributed by atoms with E-state index in [2.05, 4.69) is 15.6 Å². The van der Waals surface area contributed by atoms with Gasteiger partial charge in [-0.3, -0.25) is 9.59 Å². The minimum Gasteiger partial charge on any atom is -0.383 e. The van der Waals surface area contributed by atoms with Crippen molar-refractivity contribution in [1.82, 2.24) is 10.3 Å². The molecule has 1 aromatic carbocycles. The lowest BCUT2D eigenvalue weighted by Gasteiger charge is -2.15. The topological polar surface area (TPSA) is 83.6 Å². The highest BCUT2D eigenvalue weighted by molar-refractivity contribution is 6.34. The van der Waals surface area contributed by atoms with Gasteiger partial charge in [-0.1, -0.05) is 11.6 Å². The highest BCUT2D eigenvalue weighted by Crippen LogP contribution is 2.22. The van der Waals surface area contributed by atoms with E-state index in [1.54, 1.807) is 42.5 Å². The predicted octanol–water partition coefficient (Wildman–Crippen LogP) is 2.43. The average Bonchev–Trinajstić information content (AvgIpc) is 2.61. The first kappa shape index (κ1) is 19.7. The second kappa shape index (κ2) is 9.17. The maximum absolute atomic E-state index is 12.5. The average molecular weight is 377 g/mol. The molecule has 1 aromatic heterocycles. The third kappa shape index (κ3) is 4.93. The van der Waals surface area contributed by atoms with Crippen LogP contribution in [0.4, 0.5) is 11.5 Å². The lowest BCUT2D eigenvalue weighted by molar-refractivity contribution is 0.0937.